The molecule has 21 heavy (non-hydrogen) atoms. The quantitative estimate of drug-likeness (QED) is 0.832. The second-order valence-electron chi connectivity index (χ2n) is 5.00. The molecule has 0 bridgehead atoms. The first-order valence-corrected chi connectivity index (χ1v) is 7.40. The zero-order chi connectivity index (χ0) is 15.2. The minimum atomic E-state index is -0.167. The van der Waals surface area contributed by atoms with Crippen LogP contribution >= 0.6 is 11.6 Å². The van der Waals surface area contributed by atoms with E-state index in [2.05, 4.69) is 24.5 Å². The summed E-state index contributed by atoms with van der Waals surface area (Å²) in [5.74, 6) is -0.167. The van der Waals surface area contributed by atoms with E-state index in [-0.39, 0.29) is 5.91 Å². The number of carbonyl (C=O) groups excluding carboxylic acids is 1. The fraction of sp³-hybridized carbons (Fsp3) is 0.235. The van der Waals surface area contributed by atoms with Crippen molar-refractivity contribution >= 4 is 28.9 Å². The topological polar surface area (TPSA) is 41.1 Å². The van der Waals surface area contributed by atoms with Crippen molar-refractivity contribution in [1.82, 2.24) is 0 Å². The van der Waals surface area contributed by atoms with Crippen LogP contribution in [0.4, 0.5) is 11.4 Å². The molecule has 0 aliphatic carbocycles. The lowest BCUT2D eigenvalue weighted by molar-refractivity contribution is 0.102. The smallest absolute Gasteiger partial charge is 0.255 e. The van der Waals surface area contributed by atoms with Crippen molar-refractivity contribution in [3.05, 3.63) is 59.1 Å². The summed E-state index contributed by atoms with van der Waals surface area (Å²) < 4.78 is 0. The number of carbonyl (C=O) groups is 1. The van der Waals surface area contributed by atoms with Crippen molar-refractivity contribution < 1.29 is 4.79 Å². The standard InChI is InChI=1S/C17H19ClN2O/c1-3-12(2)19-15-7-9-16(10-8-15)20-17(21)13-5-4-6-14(18)11-13/h4-12,19H,3H2,1-2H3,(H,20,21). The van der Waals surface area contributed by atoms with Crippen LogP contribution in [0, 0.1) is 0 Å². The fourth-order valence-electron chi connectivity index (χ4n) is 1.87. The highest BCUT2D eigenvalue weighted by molar-refractivity contribution is 6.31. The van der Waals surface area contributed by atoms with Crippen molar-refractivity contribution in [3.8, 4) is 0 Å². The molecule has 1 amide bonds. The third-order valence-electron chi connectivity index (χ3n) is 3.26. The third-order valence-corrected chi connectivity index (χ3v) is 3.49. The van der Waals surface area contributed by atoms with E-state index in [1.54, 1.807) is 24.3 Å². The minimum Gasteiger partial charge on any atom is -0.383 e. The monoisotopic (exact) mass is 302 g/mol. The molecule has 4 heteroatoms. The van der Waals surface area contributed by atoms with E-state index in [1.807, 2.05) is 24.3 Å². The number of anilines is 2. The highest BCUT2D eigenvalue weighted by Gasteiger charge is 2.06. The van der Waals surface area contributed by atoms with E-state index < -0.39 is 0 Å². The molecule has 0 radical (unpaired) electrons. The lowest BCUT2D eigenvalue weighted by Crippen LogP contribution is -2.14. The summed E-state index contributed by atoms with van der Waals surface area (Å²) in [7, 11) is 0. The summed E-state index contributed by atoms with van der Waals surface area (Å²) in [6, 6.07) is 15.0. The number of hydrogen-bond donors (Lipinski definition) is 2. The fourth-order valence-corrected chi connectivity index (χ4v) is 2.06. The number of halogens is 1. The molecule has 0 saturated heterocycles. The molecule has 1 atom stereocenters. The molecule has 0 saturated carbocycles. The summed E-state index contributed by atoms with van der Waals surface area (Å²) in [5.41, 5.74) is 2.35. The first kappa shape index (κ1) is 15.4. The number of nitrogens with one attached hydrogen (secondary N) is 2. The summed E-state index contributed by atoms with van der Waals surface area (Å²) >= 11 is 5.89. The van der Waals surface area contributed by atoms with Gasteiger partial charge in [0.25, 0.3) is 5.91 Å². The second kappa shape index (κ2) is 7.14. The predicted octanol–water partition coefficient (Wildman–Crippen LogP) is 4.80. The van der Waals surface area contributed by atoms with Gasteiger partial charge in [-0.25, -0.2) is 0 Å². The van der Waals surface area contributed by atoms with Crippen LogP contribution in [0.1, 0.15) is 30.6 Å². The van der Waals surface area contributed by atoms with Crippen LogP contribution in [0.25, 0.3) is 0 Å². The van der Waals surface area contributed by atoms with E-state index >= 15 is 0 Å². The normalized spacial score (nSPS) is 11.8. The van der Waals surface area contributed by atoms with Gasteiger partial charge in [-0.2, -0.15) is 0 Å². The minimum absolute atomic E-state index is 0.167. The lowest BCUT2D eigenvalue weighted by Gasteiger charge is -2.13. The SMILES string of the molecule is CCC(C)Nc1ccc(NC(=O)c2cccc(Cl)c2)cc1. The molecule has 2 N–H and O–H groups in total. The van der Waals surface area contributed by atoms with Crippen LogP contribution in [0.15, 0.2) is 48.5 Å². The number of hydrogen-bond acceptors (Lipinski definition) is 2. The Balaban J connectivity index is 2.01. The van der Waals surface area contributed by atoms with Crippen LogP contribution in [0.3, 0.4) is 0 Å². The molecule has 0 heterocycles. The Labute approximate surface area is 130 Å². The molecule has 0 aliphatic rings. The van der Waals surface area contributed by atoms with Crippen LogP contribution in [-0.2, 0) is 0 Å². The Kier molecular flexibility index (Phi) is 5.23. The van der Waals surface area contributed by atoms with Gasteiger partial charge >= 0.3 is 0 Å². The van der Waals surface area contributed by atoms with Gasteiger partial charge in [0.2, 0.25) is 0 Å². The van der Waals surface area contributed by atoms with Crippen molar-refractivity contribution in [1.29, 1.82) is 0 Å². The van der Waals surface area contributed by atoms with Gasteiger partial charge < -0.3 is 10.6 Å². The molecular formula is C17H19ClN2O. The molecule has 0 aliphatic heterocycles. The maximum absolute atomic E-state index is 12.1. The van der Waals surface area contributed by atoms with Gasteiger partial charge in [-0.3, -0.25) is 4.79 Å². The van der Waals surface area contributed by atoms with Crippen LogP contribution in [0.5, 0.6) is 0 Å². The van der Waals surface area contributed by atoms with E-state index in [1.165, 1.54) is 0 Å². The summed E-state index contributed by atoms with van der Waals surface area (Å²) in [6.45, 7) is 4.27. The van der Waals surface area contributed by atoms with Crippen molar-refractivity contribution in [2.45, 2.75) is 26.3 Å². The van der Waals surface area contributed by atoms with Crippen molar-refractivity contribution in [3.63, 3.8) is 0 Å². The Morgan fingerprint density at radius 2 is 1.81 bits per heavy atom. The Morgan fingerprint density at radius 1 is 1.14 bits per heavy atom. The van der Waals surface area contributed by atoms with E-state index in [0.717, 1.165) is 17.8 Å². The first-order chi connectivity index (χ1) is 10.1. The Hall–Kier alpha value is -2.00. The molecule has 110 valence electrons. The molecule has 3 nitrogen and oxygen atoms in total. The first-order valence-electron chi connectivity index (χ1n) is 7.02. The van der Waals surface area contributed by atoms with Crippen LogP contribution in [0.2, 0.25) is 5.02 Å². The molecule has 2 rings (SSSR count). The number of rotatable bonds is 5. The van der Waals surface area contributed by atoms with Crippen LogP contribution < -0.4 is 10.6 Å². The van der Waals surface area contributed by atoms with Crippen molar-refractivity contribution in [2.24, 2.45) is 0 Å². The zero-order valence-electron chi connectivity index (χ0n) is 12.2. The predicted molar refractivity (Wildman–Crippen MR) is 89.2 cm³/mol. The van der Waals surface area contributed by atoms with Gasteiger partial charge in [0.05, 0.1) is 0 Å². The average molecular weight is 303 g/mol. The van der Waals surface area contributed by atoms with E-state index in [4.69, 9.17) is 11.6 Å². The van der Waals surface area contributed by atoms with E-state index in [9.17, 15) is 4.79 Å². The van der Waals surface area contributed by atoms with Gasteiger partial charge in [-0.15, -0.1) is 0 Å². The lowest BCUT2D eigenvalue weighted by atomic mass is 10.2. The van der Waals surface area contributed by atoms with Crippen molar-refractivity contribution in [2.75, 3.05) is 10.6 Å². The van der Waals surface area contributed by atoms with Crippen LogP contribution in [-0.4, -0.2) is 11.9 Å². The molecule has 2 aromatic rings. The highest BCUT2D eigenvalue weighted by Crippen LogP contribution is 2.17. The average Bonchev–Trinajstić information content (AvgIpc) is 2.49. The summed E-state index contributed by atoms with van der Waals surface area (Å²) in [6.07, 6.45) is 1.06. The summed E-state index contributed by atoms with van der Waals surface area (Å²) in [4.78, 5) is 12.1. The molecule has 0 fully saturated rings. The molecule has 1 unspecified atom stereocenters. The van der Waals surface area contributed by atoms with Gasteiger partial charge in [-0.05, 0) is 55.8 Å². The number of benzene rings is 2. The summed E-state index contributed by atoms with van der Waals surface area (Å²) in [5, 5.41) is 6.79. The Bertz CT molecular complexity index is 610. The highest BCUT2D eigenvalue weighted by atomic mass is 35.5. The van der Waals surface area contributed by atoms with E-state index in [0.29, 0.717) is 16.6 Å². The van der Waals surface area contributed by atoms with Gasteiger partial charge in [0.1, 0.15) is 0 Å². The maximum Gasteiger partial charge on any atom is 0.255 e. The third kappa shape index (κ3) is 4.50. The zero-order valence-corrected chi connectivity index (χ0v) is 12.9. The maximum atomic E-state index is 12.1. The second-order valence-corrected chi connectivity index (χ2v) is 5.43. The molecule has 0 spiro atoms. The van der Waals surface area contributed by atoms with Gasteiger partial charge in [0, 0.05) is 28.0 Å². The Morgan fingerprint density at radius 3 is 2.43 bits per heavy atom. The largest absolute Gasteiger partial charge is 0.383 e. The molecule has 2 aromatic carbocycles. The molecule has 0 aromatic heterocycles. The van der Waals surface area contributed by atoms with Gasteiger partial charge in [0.15, 0.2) is 0 Å². The van der Waals surface area contributed by atoms with Gasteiger partial charge in [-0.1, -0.05) is 24.6 Å². The molecular weight excluding hydrogens is 284 g/mol. The number of amides is 1.